The van der Waals surface area contributed by atoms with Crippen molar-refractivity contribution in [3.8, 4) is 0 Å². The van der Waals surface area contributed by atoms with Crippen molar-refractivity contribution in [3.63, 3.8) is 0 Å². The molecule has 18 N–H and O–H groups in total. The number of carbonyl (C=O) groups is 14. The van der Waals surface area contributed by atoms with Gasteiger partial charge in [-0.2, -0.15) is 42.5 Å². The predicted octanol–water partition coefficient (Wildman–Crippen LogP) is -5.88. The molecular formula is C67H112N16O25S3. The van der Waals surface area contributed by atoms with Crippen molar-refractivity contribution in [1.82, 2.24) is 69.3 Å². The topological polar surface area (TPSA) is 572 Å². The molecule has 1 aliphatic heterocycles. The van der Waals surface area contributed by atoms with Crippen LogP contribution in [-0.4, -0.2) is 317 Å². The van der Waals surface area contributed by atoms with E-state index in [0.717, 1.165) is 11.8 Å². The van der Waals surface area contributed by atoms with Crippen LogP contribution in [0.2, 0.25) is 0 Å². The first-order valence-electron chi connectivity index (χ1n) is 35.9. The van der Waals surface area contributed by atoms with Gasteiger partial charge in [-0.05, 0) is 58.4 Å². The Morgan fingerprint density at radius 3 is 1.55 bits per heavy atom. The number of hydroxylamine groups is 1. The Morgan fingerprint density at radius 2 is 1.01 bits per heavy atom. The van der Waals surface area contributed by atoms with Gasteiger partial charge in [0.2, 0.25) is 70.9 Å². The summed E-state index contributed by atoms with van der Waals surface area (Å²) in [5.41, 5.74) is 12.8. The summed E-state index contributed by atoms with van der Waals surface area (Å²) in [5.74, 6) is -12.4. The fourth-order valence-corrected chi connectivity index (χ4v) is 10.7. The number of amides is 13. The number of aliphatic carboxylic acids is 1. The van der Waals surface area contributed by atoms with Crippen LogP contribution in [0, 0.1) is 0 Å². The fraction of sp³-hybridized carbons (Fsp3) is 0.687. The zero-order valence-electron chi connectivity index (χ0n) is 63.1. The molecule has 0 saturated carbocycles. The number of thiol groups is 2. The summed E-state index contributed by atoms with van der Waals surface area (Å²) in [7, 11) is 1.49. The highest BCUT2D eigenvalue weighted by molar-refractivity contribution is 7.99. The SMILES string of the molecule is COCCOCCNC(=O)[C@@H]1CSCCC(=O)N[C@@H](CCCCNC(=O)COCC(=O)NCCOCCOCCOCCOCCOCCNC(=O)CONC(=O)OC(C)(C)C)C(=O)N[C@@H](CS)C(=O)N[C@@H](CCCN=C(N)N)C(=O)NCC(=O)N[C@@H](CC(=O)O)C(=O)N[C@@H](CS)C(=O)N[C@@H](Cc2ccccc2)C(=O)N1. The van der Waals surface area contributed by atoms with Crippen LogP contribution >= 0.6 is 37.0 Å². The van der Waals surface area contributed by atoms with Gasteiger partial charge in [0.25, 0.3) is 0 Å². The number of unbranched alkanes of at least 4 members (excludes halogenated alkanes) is 1. The summed E-state index contributed by atoms with van der Waals surface area (Å²) in [6, 6.07) is -1.93. The first-order valence-corrected chi connectivity index (χ1v) is 38.3. The largest absolute Gasteiger partial charge is 0.481 e. The Hall–Kier alpha value is -8.44. The van der Waals surface area contributed by atoms with Gasteiger partial charge >= 0.3 is 12.1 Å². The molecule has 0 bridgehead atoms. The van der Waals surface area contributed by atoms with Gasteiger partial charge in [-0.25, -0.2) is 4.79 Å². The molecule has 7 atom stereocenters. The van der Waals surface area contributed by atoms with E-state index in [2.05, 4.69) is 94.1 Å². The van der Waals surface area contributed by atoms with Crippen molar-refractivity contribution in [2.24, 2.45) is 16.5 Å². The number of carboxylic acids is 1. The lowest BCUT2D eigenvalue weighted by Gasteiger charge is -2.26. The second-order valence-electron chi connectivity index (χ2n) is 25.1. The smallest absolute Gasteiger partial charge is 0.431 e. The summed E-state index contributed by atoms with van der Waals surface area (Å²) < 4.78 is 48.0. The Balaban J connectivity index is 2.07. The summed E-state index contributed by atoms with van der Waals surface area (Å²) in [4.78, 5) is 194. The standard InChI is InChI=1S/C67H112N16O25S3/c1-67(2,3)108-66(98)83-107-40-56(88)72-19-22-102-27-29-104-31-33-105-32-30-103-28-26-101-21-18-71-55(87)39-106-38-54(86)70-16-9-8-13-46-60(93)80-49(41-109)63(96)78-45(14-10-17-74-65(68)69)58(91)75-37-53(85)77-48(36-57(89)90)62(95)81-50(42-110)64(97)79-47(35-44-11-6-5-7-12-44)61(94)82-51(43-111-34-15-52(84)76-46)59(92)73-20-23-100-25-24-99-4/h5-7,11-12,45-51,109-110H,8-10,13-43H2,1-4H3,(H,70,86)(H,71,87)(H,72,88)(H,73,92)(H,75,91)(H,76,84)(H,77,85)(H,78,96)(H,79,97)(H,80,93)(H,81,95)(H,82,94)(H,83,98)(H,89,90)(H4,68,69,74)/t45-,46-,47-,48-,49-,50-,51-/m0/s1. The van der Waals surface area contributed by atoms with Crippen molar-refractivity contribution < 1.29 is 120 Å². The molecule has 1 aromatic rings. The Bertz CT molecular complexity index is 3040. The van der Waals surface area contributed by atoms with Crippen molar-refractivity contribution in [2.75, 3.05) is 175 Å². The second kappa shape index (κ2) is 60.2. The molecule has 0 radical (unpaired) electrons. The number of ether oxygens (including phenoxy) is 9. The number of rotatable bonds is 47. The third kappa shape index (κ3) is 50.2. The summed E-state index contributed by atoms with van der Waals surface area (Å²) in [5, 5.41) is 40.3. The number of carboxylic acid groups (broad SMARTS) is 1. The number of carbonyl (C=O) groups excluding carboxylic acids is 13. The summed E-state index contributed by atoms with van der Waals surface area (Å²) >= 11 is 9.59. The molecule has 628 valence electrons. The Kier molecular flexibility index (Phi) is 53.5. The van der Waals surface area contributed by atoms with Gasteiger partial charge in [-0.1, -0.05) is 30.3 Å². The normalized spacial score (nSPS) is 18.9. The quantitative estimate of drug-likeness (QED) is 0.00950. The van der Waals surface area contributed by atoms with E-state index in [1.54, 1.807) is 51.1 Å². The van der Waals surface area contributed by atoms with E-state index in [-0.39, 0.29) is 147 Å². The molecule has 0 unspecified atom stereocenters. The lowest BCUT2D eigenvalue weighted by molar-refractivity contribution is -0.141. The van der Waals surface area contributed by atoms with Gasteiger partial charge in [0.1, 0.15) is 61.1 Å². The minimum atomic E-state index is -1.85. The maximum absolute atomic E-state index is 14.4. The second-order valence-corrected chi connectivity index (χ2v) is 27.0. The molecule has 0 spiro atoms. The molecule has 2 rings (SSSR count). The maximum atomic E-state index is 14.4. The minimum absolute atomic E-state index is 0.00198. The van der Waals surface area contributed by atoms with Crippen molar-refractivity contribution in [2.45, 2.75) is 120 Å². The van der Waals surface area contributed by atoms with Crippen LogP contribution in [0.3, 0.4) is 0 Å². The number of nitrogens with one attached hydrogen (secondary N) is 13. The highest BCUT2D eigenvalue weighted by Crippen LogP contribution is 2.12. The molecule has 41 nitrogen and oxygen atoms in total. The first kappa shape index (κ1) is 98.6. The van der Waals surface area contributed by atoms with Crippen LogP contribution in [-0.2, 0) is 116 Å². The Morgan fingerprint density at radius 1 is 0.541 bits per heavy atom. The number of aliphatic imine (C=N–C) groups is 1. The highest BCUT2D eigenvalue weighted by Gasteiger charge is 2.34. The minimum Gasteiger partial charge on any atom is -0.481 e. The third-order valence-electron chi connectivity index (χ3n) is 14.7. The van der Waals surface area contributed by atoms with E-state index in [4.69, 9.17) is 58.9 Å². The lowest BCUT2D eigenvalue weighted by Crippen LogP contribution is -2.60. The number of nitrogens with zero attached hydrogens (tertiary/aromatic N) is 1. The summed E-state index contributed by atoms with van der Waals surface area (Å²) in [6.07, 6.45) is -1.90. The fourth-order valence-electron chi connectivity index (χ4n) is 9.26. The van der Waals surface area contributed by atoms with E-state index in [1.165, 1.54) is 7.11 Å². The van der Waals surface area contributed by atoms with E-state index in [0.29, 0.717) is 45.2 Å². The van der Waals surface area contributed by atoms with Gasteiger partial charge < -0.3 is 123 Å². The van der Waals surface area contributed by atoms with Crippen LogP contribution in [0.5, 0.6) is 0 Å². The highest BCUT2D eigenvalue weighted by atomic mass is 32.2. The molecule has 44 heteroatoms. The molecule has 13 amide bonds. The average Bonchev–Trinajstić information content (AvgIpc) is 0.853. The number of hydrogen-bond donors (Lipinski definition) is 18. The molecule has 1 saturated heterocycles. The van der Waals surface area contributed by atoms with E-state index in [9.17, 15) is 72.2 Å². The van der Waals surface area contributed by atoms with Crippen LogP contribution < -0.4 is 80.7 Å². The molecule has 1 heterocycles. The molecule has 1 fully saturated rings. The van der Waals surface area contributed by atoms with Gasteiger partial charge in [0, 0.05) is 75.7 Å². The number of methoxy groups -OCH3 is 1. The predicted molar refractivity (Wildman–Crippen MR) is 407 cm³/mol. The molecule has 0 aliphatic carbocycles. The molecule has 0 aromatic heterocycles. The van der Waals surface area contributed by atoms with E-state index < -0.39 is 169 Å². The lowest BCUT2D eigenvalue weighted by atomic mass is 10.0. The Labute approximate surface area is 659 Å². The molecule has 1 aromatic carbocycles. The maximum Gasteiger partial charge on any atom is 0.431 e. The molecule has 1 aliphatic rings. The van der Waals surface area contributed by atoms with Gasteiger partial charge in [0.05, 0.1) is 98.9 Å². The monoisotopic (exact) mass is 1640 g/mol. The van der Waals surface area contributed by atoms with Crippen LogP contribution in [0.1, 0.15) is 71.3 Å². The number of guanidine groups is 1. The summed E-state index contributed by atoms with van der Waals surface area (Å²) in [6.45, 7) is 6.68. The first-order chi connectivity index (χ1) is 53.1. The zero-order chi connectivity index (χ0) is 82.0. The zero-order valence-corrected chi connectivity index (χ0v) is 65.7. The average molecular weight is 1640 g/mol. The molecular weight excluding hydrogens is 1530 g/mol. The van der Waals surface area contributed by atoms with Crippen LogP contribution in [0.15, 0.2) is 35.3 Å². The molecule has 111 heavy (non-hydrogen) atoms. The van der Waals surface area contributed by atoms with Crippen LogP contribution in [0.4, 0.5) is 4.79 Å². The van der Waals surface area contributed by atoms with Crippen molar-refractivity contribution >= 4 is 126 Å². The van der Waals surface area contributed by atoms with Crippen molar-refractivity contribution in [1.29, 1.82) is 0 Å². The number of hydrogen-bond acceptors (Lipinski definition) is 28. The van der Waals surface area contributed by atoms with Gasteiger partial charge in [0.15, 0.2) is 12.6 Å². The van der Waals surface area contributed by atoms with Crippen molar-refractivity contribution in [3.05, 3.63) is 35.9 Å². The van der Waals surface area contributed by atoms with E-state index in [1.807, 2.05) is 5.48 Å². The van der Waals surface area contributed by atoms with E-state index >= 15 is 0 Å². The third-order valence-corrected chi connectivity index (χ3v) is 16.5. The number of nitrogens with two attached hydrogens (primary N) is 2. The van der Waals surface area contributed by atoms with Gasteiger partial charge in [-0.15, -0.1) is 0 Å². The van der Waals surface area contributed by atoms with Gasteiger partial charge in [-0.3, -0.25) is 72.2 Å². The van der Waals surface area contributed by atoms with Crippen LogP contribution in [0.25, 0.3) is 0 Å². The number of thioether (sulfide) groups is 1. The number of benzene rings is 1.